The van der Waals surface area contributed by atoms with Crippen LogP contribution in [0.3, 0.4) is 0 Å². The molecular formula is C118H127N9O21S. The summed E-state index contributed by atoms with van der Waals surface area (Å²) < 4.78 is 69.9. The molecule has 10 aromatic rings. The number of fused-ring (bicyclic) bond motifs is 16. The van der Waals surface area contributed by atoms with Crippen LogP contribution in [0, 0.1) is 25.7 Å². The molecule has 0 spiro atoms. The number of hydrogen-bond donors (Lipinski definition) is 4. The van der Waals surface area contributed by atoms with Crippen LogP contribution < -0.4 is 69.3 Å². The molecule has 1 unspecified atom stereocenters. The molecule has 8 amide bonds. The number of amides is 8. The quantitative estimate of drug-likeness (QED) is 0.0205. The van der Waals surface area contributed by atoms with Gasteiger partial charge in [0.15, 0.2) is 34.6 Å². The zero-order valence-electron chi connectivity index (χ0n) is 86.0. The van der Waals surface area contributed by atoms with E-state index < -0.39 is 51.2 Å². The summed E-state index contributed by atoms with van der Waals surface area (Å²) in [6.07, 6.45) is 11.6. The Hall–Kier alpha value is -15.0. The van der Waals surface area contributed by atoms with Gasteiger partial charge < -0.3 is 64.4 Å². The van der Waals surface area contributed by atoms with E-state index in [9.17, 15) is 66.0 Å². The minimum Gasteiger partial charge on any atom is -0.493 e. The summed E-state index contributed by atoms with van der Waals surface area (Å²) in [6, 6.07) is 54.3. The van der Waals surface area contributed by atoms with Crippen LogP contribution >= 0.6 is 0 Å². The topological polar surface area (TPSA) is 377 Å². The van der Waals surface area contributed by atoms with E-state index in [4.69, 9.17) is 37.6 Å². The van der Waals surface area contributed by atoms with Gasteiger partial charge in [0.1, 0.15) is 54.7 Å². The highest BCUT2D eigenvalue weighted by atomic mass is 32.2. The van der Waals surface area contributed by atoms with E-state index in [0.29, 0.717) is 190 Å². The van der Waals surface area contributed by atoms with E-state index in [2.05, 4.69) is 33.4 Å². The SMILES string of the molecule is CCC(=O)CCCCC(=O)N[C@@H](C)C(=O)C[C@H](C)C(=O)Nc1cc(COc2cc3c(cc2C)C(=O)N2c4ccccc4C[C@H]2C(S(=O)(=O)OC)C3)cc(COc2cc3c(cc2OC)C(=O)N2c4ccccc4C[C@H]2CC3)c1.CCC(=O)CCCCC(=O)N[C@@H](C)C(=O)C[C@H](C)C(=O)Nc1cc(COc2cc3c(cc2C)C(=O)N2c4ccccc4C[C@H]2C=N3)cc(COc2cc3c(cc2OC)C(=O)N2c4ccccc4C[C@H]2CC3)c1. The van der Waals surface area contributed by atoms with Crippen molar-refractivity contribution in [2.24, 2.45) is 16.8 Å². The number of carbonyl (C=O) groups excluding carboxylic acids is 12. The molecular weight excluding hydrogens is 1910 g/mol. The maximum absolute atomic E-state index is 14.4. The minimum atomic E-state index is -4.11. The van der Waals surface area contributed by atoms with Crippen molar-refractivity contribution < 1.29 is 98.6 Å². The highest BCUT2D eigenvalue weighted by Crippen LogP contribution is 2.47. The number of ketones is 4. The van der Waals surface area contributed by atoms with Crippen molar-refractivity contribution in [1.82, 2.24) is 10.6 Å². The fraction of sp³-hybridized carbons (Fsp3) is 0.381. The van der Waals surface area contributed by atoms with Crippen LogP contribution in [0.4, 0.5) is 39.8 Å². The minimum absolute atomic E-state index is 0.00723. The second-order valence-corrected chi connectivity index (χ2v) is 42.0. The molecule has 8 heterocycles. The number of para-hydroxylation sites is 4. The lowest BCUT2D eigenvalue weighted by molar-refractivity contribution is -0.129. The van der Waals surface area contributed by atoms with Gasteiger partial charge in [-0.3, -0.25) is 71.6 Å². The Morgan fingerprint density at radius 1 is 0.403 bits per heavy atom. The summed E-state index contributed by atoms with van der Waals surface area (Å²) in [5.41, 5.74) is 17.4. The first-order valence-electron chi connectivity index (χ1n) is 51.5. The van der Waals surface area contributed by atoms with E-state index in [0.717, 1.165) is 83.2 Å². The zero-order chi connectivity index (χ0) is 105. The number of anilines is 6. The molecule has 31 heteroatoms. The molecule has 0 fully saturated rings. The smallest absolute Gasteiger partial charge is 0.272 e. The zero-order valence-corrected chi connectivity index (χ0v) is 86.8. The third-order valence-corrected chi connectivity index (χ3v) is 31.3. The third-order valence-electron chi connectivity index (χ3n) is 29.6. The molecule has 776 valence electrons. The number of hydrogen-bond acceptors (Lipinski definition) is 22. The van der Waals surface area contributed by atoms with Crippen molar-refractivity contribution in [1.29, 1.82) is 0 Å². The van der Waals surface area contributed by atoms with Gasteiger partial charge >= 0.3 is 0 Å². The Balaban J connectivity index is 0.000000203. The first-order valence-corrected chi connectivity index (χ1v) is 53.0. The largest absolute Gasteiger partial charge is 0.493 e. The van der Waals surface area contributed by atoms with E-state index in [-0.39, 0.29) is 141 Å². The number of methoxy groups -OCH3 is 2. The molecule has 0 bridgehead atoms. The number of ether oxygens (including phenoxy) is 6. The van der Waals surface area contributed by atoms with Crippen LogP contribution in [-0.2, 0) is 124 Å². The van der Waals surface area contributed by atoms with E-state index in [1.54, 1.807) is 101 Å². The lowest BCUT2D eigenvalue weighted by atomic mass is 9.97. The highest BCUT2D eigenvalue weighted by Gasteiger charge is 2.49. The van der Waals surface area contributed by atoms with Crippen LogP contribution in [0.15, 0.2) is 187 Å². The average Bonchev–Trinajstić information content (AvgIpc) is 1.58. The number of carbonyl (C=O) groups is 12. The molecule has 0 radical (unpaired) electrons. The molecule has 0 aliphatic carbocycles. The molecule has 0 saturated heterocycles. The van der Waals surface area contributed by atoms with Crippen LogP contribution in [0.25, 0.3) is 0 Å². The Kier molecular flexibility index (Phi) is 32.7. The monoisotopic (exact) mass is 2040 g/mol. The second-order valence-electron chi connectivity index (χ2n) is 40.1. The summed E-state index contributed by atoms with van der Waals surface area (Å²) in [6.45, 7) is 14.0. The summed E-state index contributed by atoms with van der Waals surface area (Å²) >= 11 is 0. The first kappa shape index (κ1) is 105. The van der Waals surface area contributed by atoms with Gasteiger partial charge in [0.2, 0.25) is 23.6 Å². The van der Waals surface area contributed by atoms with Gasteiger partial charge in [-0.05, 0) is 280 Å². The molecule has 149 heavy (non-hydrogen) atoms. The molecule has 9 atom stereocenters. The van der Waals surface area contributed by atoms with Crippen LogP contribution in [0.2, 0.25) is 0 Å². The van der Waals surface area contributed by atoms with Crippen molar-refractivity contribution in [3.63, 3.8) is 0 Å². The lowest BCUT2D eigenvalue weighted by Crippen LogP contribution is -2.47. The number of nitrogens with one attached hydrogen (secondary N) is 4. The Morgan fingerprint density at radius 3 is 1.22 bits per heavy atom. The van der Waals surface area contributed by atoms with Crippen molar-refractivity contribution in [3.05, 3.63) is 277 Å². The van der Waals surface area contributed by atoms with E-state index >= 15 is 0 Å². The summed E-state index contributed by atoms with van der Waals surface area (Å²) in [5.74, 6) is -1.11. The molecule has 8 aliphatic heterocycles. The number of Topliss-reactive ketones (excluding diaryl/α,β-unsaturated/α-hetero) is 4. The highest BCUT2D eigenvalue weighted by molar-refractivity contribution is 7.87. The van der Waals surface area contributed by atoms with E-state index in [1.807, 2.05) is 157 Å². The summed E-state index contributed by atoms with van der Waals surface area (Å²) in [5, 5.41) is 10.4. The molecule has 18 rings (SSSR count). The predicted octanol–water partition coefficient (Wildman–Crippen LogP) is 18.3. The summed E-state index contributed by atoms with van der Waals surface area (Å²) in [7, 11) is 0.0914. The van der Waals surface area contributed by atoms with Crippen LogP contribution in [0.1, 0.15) is 245 Å². The van der Waals surface area contributed by atoms with Gasteiger partial charge in [-0.1, -0.05) is 100 Å². The molecule has 4 N–H and O–H groups in total. The molecule has 10 aromatic carbocycles. The third kappa shape index (κ3) is 23.6. The maximum atomic E-state index is 14.4. The molecule has 8 aliphatic rings. The molecule has 0 saturated carbocycles. The Morgan fingerprint density at radius 2 is 0.779 bits per heavy atom. The second kappa shape index (κ2) is 46.2. The average molecular weight is 2040 g/mol. The lowest BCUT2D eigenvalue weighted by Gasteiger charge is -2.28. The summed E-state index contributed by atoms with van der Waals surface area (Å²) in [4.78, 5) is 171. The predicted molar refractivity (Wildman–Crippen MR) is 567 cm³/mol. The van der Waals surface area contributed by atoms with Crippen LogP contribution in [-0.4, -0.2) is 148 Å². The Bertz CT molecular complexity index is 7090. The first-order chi connectivity index (χ1) is 71.7. The van der Waals surface area contributed by atoms with Gasteiger partial charge in [-0.2, -0.15) is 8.42 Å². The fourth-order valence-corrected chi connectivity index (χ4v) is 22.6. The van der Waals surface area contributed by atoms with Crippen molar-refractivity contribution >= 4 is 127 Å². The fourth-order valence-electron chi connectivity index (χ4n) is 21.4. The van der Waals surface area contributed by atoms with Gasteiger partial charge in [-0.25, -0.2) is 0 Å². The number of rotatable bonds is 40. The number of nitrogens with zero attached hydrogens (tertiary/aromatic N) is 5. The van der Waals surface area contributed by atoms with Gasteiger partial charge in [-0.15, -0.1) is 0 Å². The van der Waals surface area contributed by atoms with Crippen LogP contribution in [0.5, 0.6) is 34.5 Å². The molecule has 0 aromatic heterocycles. The van der Waals surface area contributed by atoms with Gasteiger partial charge in [0, 0.05) is 145 Å². The standard InChI is InChI=1S/C60H66N4O12S.C58H61N5O9/c1-7-46(65)16-10-13-19-57(67)61-37(4)52(66)23-36(3)58(68)62-44-25-38(24-39(26-44)34-76-55-29-40-20-21-45-27-41-14-8-11-17-49(41)63(45)59(69)48(40)32-54(55)73-5)33-75-53-30-43-31-56(77(71,72)74-6)51-28-42-15-9-12-18-50(42)64(51)60(70)47(43)22-35(53)2;1-6-45(64)15-9-12-18-55(66)60-36(4)51(65)22-35(3)56(67)61-42-24-37(32-71-52-30-48-47(21-34(52)2)58(69)63-44(31-59-48)27-41-14-8-11-17-50(41)63)23-38(25-42)33-72-54-28-39-19-20-43-26-40-13-7-10-16-49(40)62(43)57(68)46(39)29-53(54)70-5/h8-9,11-12,14-15,17-18,22,24-26,29-30,32,36-37,45,51,56H,7,10,13,16,19-21,23,27-28,31,33-34H2,1-6H3,(H,61,67)(H,62,68);7-8,10-11,13-14,16-17,21,23-25,28-31,35-36,43-44H,6,9,12,15,18-20,22,26-27,32-33H2,1-5H3,(H,60,66)(H,61,67)/t36-,37-,45+,51-,56?;35-,36-,43+,44-/m00/s1. The number of unbranched alkanes of at least 4 members (excludes halogenated alkanes) is 2. The number of aliphatic imine (C=N–C) groups is 1. The number of benzene rings is 10. The van der Waals surface area contributed by atoms with Gasteiger partial charge in [0.25, 0.3) is 33.7 Å². The van der Waals surface area contributed by atoms with Crippen molar-refractivity contribution in [2.45, 2.75) is 258 Å². The van der Waals surface area contributed by atoms with Crippen molar-refractivity contribution in [2.75, 3.05) is 51.6 Å². The van der Waals surface area contributed by atoms with Crippen molar-refractivity contribution in [3.8, 4) is 34.5 Å². The van der Waals surface area contributed by atoms with E-state index in [1.165, 1.54) is 12.7 Å². The molecule has 30 nitrogen and oxygen atoms in total. The number of aryl methyl sites for hydroxylation is 4. The Labute approximate surface area is 868 Å². The maximum Gasteiger partial charge on any atom is 0.272 e. The normalized spacial score (nSPS) is 17.5. The van der Waals surface area contributed by atoms with Gasteiger partial charge in [0.05, 0.1) is 56.7 Å².